The van der Waals surface area contributed by atoms with Crippen LogP contribution in [0.2, 0.25) is 0 Å². The van der Waals surface area contributed by atoms with Crippen molar-refractivity contribution in [1.29, 1.82) is 0 Å². The molecule has 0 radical (unpaired) electrons. The largest absolute Gasteiger partial charge is 0.394 e. The van der Waals surface area contributed by atoms with Gasteiger partial charge in [-0.1, -0.05) is 5.92 Å². The minimum Gasteiger partial charge on any atom is -0.394 e. The lowest BCUT2D eigenvalue weighted by Crippen LogP contribution is -2.48. The van der Waals surface area contributed by atoms with Crippen molar-refractivity contribution in [2.24, 2.45) is 0 Å². The average molecular weight is 286 g/mol. The molecule has 2 rings (SSSR count). The van der Waals surface area contributed by atoms with Crippen LogP contribution in [-0.2, 0) is 4.74 Å². The maximum Gasteiger partial charge on any atom is 0.351 e. The highest BCUT2D eigenvalue weighted by atomic mass is 19.1. The quantitative estimate of drug-likeness (QED) is 0.445. The van der Waals surface area contributed by atoms with Crippen LogP contribution in [0.15, 0.2) is 11.0 Å². The molecule has 5 N–H and O–H groups in total. The molecule has 1 aromatic heterocycles. The number of aliphatic hydroxyl groups is 3. The fourth-order valence-corrected chi connectivity index (χ4v) is 1.95. The number of ether oxygens (including phenoxy) is 1. The van der Waals surface area contributed by atoms with E-state index in [1.165, 1.54) is 0 Å². The van der Waals surface area contributed by atoms with Gasteiger partial charge in [0.2, 0.25) is 0 Å². The van der Waals surface area contributed by atoms with E-state index in [1.54, 1.807) is 6.40 Å². The summed E-state index contributed by atoms with van der Waals surface area (Å²) in [4.78, 5) is 14.9. The van der Waals surface area contributed by atoms with E-state index in [1.807, 2.05) is 5.92 Å². The van der Waals surface area contributed by atoms with Gasteiger partial charge in [-0.25, -0.2) is 9.18 Å². The van der Waals surface area contributed by atoms with E-state index in [0.29, 0.717) is 10.8 Å². The van der Waals surface area contributed by atoms with Crippen LogP contribution in [0, 0.1) is 18.1 Å². The summed E-state index contributed by atoms with van der Waals surface area (Å²) >= 11 is 0. The van der Waals surface area contributed by atoms with Crippen molar-refractivity contribution < 1.29 is 25.8 Å². The summed E-state index contributed by atoms with van der Waals surface area (Å²) in [6.07, 6.45) is -2.42. The highest BCUT2D eigenvalue weighted by Crippen LogP contribution is 2.36. The summed E-state index contributed by atoms with van der Waals surface area (Å²) in [5, 5.41) is 29.4. The summed E-state index contributed by atoms with van der Waals surface area (Å²) in [6, 6.07) is 0. The monoisotopic (exact) mass is 286 g/mol. The van der Waals surface area contributed by atoms with E-state index in [2.05, 4.69) is 4.98 Å². The predicted molar refractivity (Wildman–Crippen MR) is 63.7 cm³/mol. The van der Waals surface area contributed by atoms with Gasteiger partial charge < -0.3 is 25.8 Å². The molecule has 1 aliphatic heterocycles. The molecule has 0 bridgehead atoms. The number of nitrogen functional groups attached to an aromatic ring is 1. The van der Waals surface area contributed by atoms with Gasteiger partial charge in [-0.2, -0.15) is 4.98 Å². The van der Waals surface area contributed by atoms with Crippen LogP contribution in [0.1, 0.15) is 7.60 Å². The Balaban J connectivity index is 2.49. The first-order valence-corrected chi connectivity index (χ1v) is 5.50. The molecule has 1 saturated heterocycles. The minimum atomic E-state index is -2.28. The SMILES string of the molecule is [2H]C#C[C@@]1(O)[C@@H](CO)OC(n2cc(F)c(N)nc2=O)[C@@H]1O. The zero-order valence-electron chi connectivity index (χ0n) is 11.0. The van der Waals surface area contributed by atoms with Crippen molar-refractivity contribution in [3.05, 3.63) is 22.5 Å². The highest BCUT2D eigenvalue weighted by molar-refractivity contribution is 5.27. The molecule has 1 aromatic rings. The van der Waals surface area contributed by atoms with Gasteiger partial charge in [0.1, 0.15) is 13.6 Å². The normalized spacial score (nSPS) is 33.4. The zero-order valence-corrected chi connectivity index (χ0v) is 10.0. The minimum absolute atomic E-state index is 0.586. The van der Waals surface area contributed by atoms with Crippen LogP contribution in [0.4, 0.5) is 10.2 Å². The molecule has 0 spiro atoms. The second-order valence-electron chi connectivity index (χ2n) is 4.26. The number of anilines is 1. The molecular formula is C11H12FN3O5. The molecule has 8 nitrogen and oxygen atoms in total. The van der Waals surface area contributed by atoms with Gasteiger partial charge in [0.15, 0.2) is 23.5 Å². The molecule has 2 heterocycles. The molecule has 1 fully saturated rings. The van der Waals surface area contributed by atoms with Gasteiger partial charge in [-0.15, -0.1) is 6.40 Å². The number of hydrogen-bond donors (Lipinski definition) is 4. The molecule has 1 aliphatic rings. The first-order valence-electron chi connectivity index (χ1n) is 6.00. The third kappa shape index (κ3) is 1.95. The van der Waals surface area contributed by atoms with Crippen LogP contribution >= 0.6 is 0 Å². The average Bonchev–Trinajstić information content (AvgIpc) is 2.67. The van der Waals surface area contributed by atoms with Crippen molar-refractivity contribution >= 4 is 5.82 Å². The lowest BCUT2D eigenvalue weighted by molar-refractivity contribution is -0.0626. The van der Waals surface area contributed by atoms with Crippen molar-refractivity contribution in [3.8, 4) is 12.3 Å². The summed E-state index contributed by atoms with van der Waals surface area (Å²) in [7, 11) is 0. The van der Waals surface area contributed by atoms with Crippen LogP contribution in [0.5, 0.6) is 0 Å². The number of hydrogen-bond acceptors (Lipinski definition) is 7. The van der Waals surface area contributed by atoms with Gasteiger partial charge in [0.05, 0.1) is 12.8 Å². The second-order valence-corrected chi connectivity index (χ2v) is 4.26. The Kier molecular flexibility index (Phi) is 3.15. The van der Waals surface area contributed by atoms with Gasteiger partial charge in [0.25, 0.3) is 0 Å². The van der Waals surface area contributed by atoms with Crippen molar-refractivity contribution in [2.75, 3.05) is 12.3 Å². The molecule has 20 heavy (non-hydrogen) atoms. The first kappa shape index (κ1) is 13.0. The third-order valence-corrected chi connectivity index (χ3v) is 3.09. The number of halogens is 1. The van der Waals surface area contributed by atoms with Crippen LogP contribution in [0.3, 0.4) is 0 Å². The Bertz CT molecular complexity index is 672. The van der Waals surface area contributed by atoms with E-state index in [-0.39, 0.29) is 0 Å². The Morgan fingerprint density at radius 2 is 2.50 bits per heavy atom. The maximum absolute atomic E-state index is 13.4. The Labute approximate surface area is 113 Å². The Hall–Kier alpha value is -1.99. The smallest absolute Gasteiger partial charge is 0.351 e. The molecule has 0 aromatic carbocycles. The van der Waals surface area contributed by atoms with E-state index < -0.39 is 48.0 Å². The maximum atomic E-state index is 13.4. The topological polar surface area (TPSA) is 131 Å². The van der Waals surface area contributed by atoms with Crippen molar-refractivity contribution in [1.82, 2.24) is 9.55 Å². The van der Waals surface area contributed by atoms with Crippen LogP contribution in [-0.4, -0.2) is 49.3 Å². The van der Waals surface area contributed by atoms with Gasteiger partial charge in [-0.3, -0.25) is 4.57 Å². The van der Waals surface area contributed by atoms with E-state index in [0.717, 1.165) is 0 Å². The molecule has 9 heteroatoms. The predicted octanol–water partition coefficient (Wildman–Crippen LogP) is -2.42. The second kappa shape index (κ2) is 4.84. The third-order valence-electron chi connectivity index (χ3n) is 3.09. The number of rotatable bonds is 2. The van der Waals surface area contributed by atoms with Gasteiger partial charge in [-0.05, 0) is 0 Å². The summed E-state index contributed by atoms with van der Waals surface area (Å²) in [5.41, 5.74) is 1.84. The lowest BCUT2D eigenvalue weighted by Gasteiger charge is -2.24. The lowest BCUT2D eigenvalue weighted by atomic mass is 9.93. The molecular weight excluding hydrogens is 273 g/mol. The van der Waals surface area contributed by atoms with Gasteiger partial charge >= 0.3 is 5.69 Å². The van der Waals surface area contributed by atoms with Crippen LogP contribution < -0.4 is 11.4 Å². The fourth-order valence-electron chi connectivity index (χ4n) is 1.95. The first-order chi connectivity index (χ1) is 9.85. The van der Waals surface area contributed by atoms with Gasteiger partial charge in [0, 0.05) is 0 Å². The Morgan fingerprint density at radius 3 is 3.10 bits per heavy atom. The Morgan fingerprint density at radius 1 is 1.80 bits per heavy atom. The van der Waals surface area contributed by atoms with Crippen LogP contribution in [0.25, 0.3) is 0 Å². The summed E-state index contributed by atoms with van der Waals surface area (Å²) in [5.74, 6) is 0.358. The number of terminal acetylenes is 1. The fraction of sp³-hybridized carbons (Fsp3) is 0.455. The van der Waals surface area contributed by atoms with Crippen molar-refractivity contribution in [3.63, 3.8) is 0 Å². The molecule has 1 unspecified atom stereocenters. The van der Waals surface area contributed by atoms with E-state index in [4.69, 9.17) is 16.9 Å². The molecule has 4 atom stereocenters. The number of nitrogens with zero attached hydrogens (tertiary/aromatic N) is 2. The standard InChI is InChI=1S/C11H12FN3O5/c1-2-11(19)6(4-16)20-9(7(11)17)15-3-5(12)8(13)14-10(15)18/h1,3,6-7,9,16-17,19H,4H2,(H2,13,14,18)/t6-,7+,9?,11-/m1/s1/i1D. The summed E-state index contributed by atoms with van der Waals surface area (Å²) < 4.78 is 25.9. The van der Waals surface area contributed by atoms with Crippen molar-refractivity contribution in [2.45, 2.75) is 24.0 Å². The zero-order chi connectivity index (χ0) is 15.8. The van der Waals surface area contributed by atoms with E-state index >= 15 is 0 Å². The molecule has 108 valence electrons. The number of nitrogens with two attached hydrogens (primary N) is 1. The summed E-state index contributed by atoms with van der Waals surface area (Å²) in [6.45, 7) is -0.738. The number of aliphatic hydroxyl groups excluding tert-OH is 2. The molecule has 0 saturated carbocycles. The molecule has 0 aliphatic carbocycles. The highest BCUT2D eigenvalue weighted by Gasteiger charge is 2.55. The van der Waals surface area contributed by atoms with E-state index in [9.17, 15) is 19.4 Å². The molecule has 0 amide bonds. The number of aromatic nitrogens is 2.